The molecule has 1 aromatic rings. The fourth-order valence-corrected chi connectivity index (χ4v) is 1.94. The highest BCUT2D eigenvalue weighted by Gasteiger charge is 2.20. The lowest BCUT2D eigenvalue weighted by Gasteiger charge is -2.25. The predicted molar refractivity (Wildman–Crippen MR) is 62.9 cm³/mol. The SMILES string of the molecule is COc1ccccc1[C@@H](O)OC1CCOCC1. The first kappa shape index (κ1) is 12.4. The number of para-hydroxylation sites is 1. The monoisotopic (exact) mass is 238 g/mol. The van der Waals surface area contributed by atoms with Crippen molar-refractivity contribution in [2.24, 2.45) is 0 Å². The quantitative estimate of drug-likeness (QED) is 0.814. The van der Waals surface area contributed by atoms with Gasteiger partial charge in [0, 0.05) is 18.8 Å². The molecule has 0 unspecified atom stereocenters. The van der Waals surface area contributed by atoms with Gasteiger partial charge in [0.2, 0.25) is 0 Å². The molecule has 0 aromatic heterocycles. The lowest BCUT2D eigenvalue weighted by molar-refractivity contribution is -0.161. The third-order valence-electron chi connectivity index (χ3n) is 2.89. The molecule has 94 valence electrons. The lowest BCUT2D eigenvalue weighted by Crippen LogP contribution is -2.25. The van der Waals surface area contributed by atoms with Gasteiger partial charge in [-0.25, -0.2) is 0 Å². The zero-order chi connectivity index (χ0) is 12.1. The third kappa shape index (κ3) is 3.19. The zero-order valence-electron chi connectivity index (χ0n) is 9.96. The van der Waals surface area contributed by atoms with Crippen LogP contribution in [-0.4, -0.2) is 31.5 Å². The third-order valence-corrected chi connectivity index (χ3v) is 2.89. The standard InChI is InChI=1S/C13H18O4/c1-15-12-5-3-2-4-11(12)13(14)17-10-6-8-16-9-7-10/h2-5,10,13-14H,6-9H2,1H3/t13-/m0/s1. The molecule has 0 bridgehead atoms. The topological polar surface area (TPSA) is 47.9 Å². The van der Waals surface area contributed by atoms with E-state index < -0.39 is 6.29 Å². The molecule has 1 aromatic carbocycles. The van der Waals surface area contributed by atoms with Crippen molar-refractivity contribution in [1.82, 2.24) is 0 Å². The van der Waals surface area contributed by atoms with Gasteiger partial charge in [0.1, 0.15) is 5.75 Å². The number of aliphatic hydroxyl groups is 1. The Labute approximate surface area is 101 Å². The highest BCUT2D eigenvalue weighted by molar-refractivity contribution is 5.33. The number of methoxy groups -OCH3 is 1. The Morgan fingerprint density at radius 3 is 2.71 bits per heavy atom. The fourth-order valence-electron chi connectivity index (χ4n) is 1.94. The number of aliphatic hydroxyl groups excluding tert-OH is 1. The smallest absolute Gasteiger partial charge is 0.185 e. The molecular weight excluding hydrogens is 220 g/mol. The Morgan fingerprint density at radius 2 is 2.00 bits per heavy atom. The van der Waals surface area contributed by atoms with Crippen LogP contribution < -0.4 is 4.74 Å². The molecule has 1 aliphatic rings. The highest BCUT2D eigenvalue weighted by Crippen LogP contribution is 2.27. The van der Waals surface area contributed by atoms with Gasteiger partial charge >= 0.3 is 0 Å². The van der Waals surface area contributed by atoms with E-state index in [0.717, 1.165) is 12.8 Å². The van der Waals surface area contributed by atoms with Crippen LogP contribution >= 0.6 is 0 Å². The van der Waals surface area contributed by atoms with Crippen molar-refractivity contribution in [3.05, 3.63) is 29.8 Å². The lowest BCUT2D eigenvalue weighted by atomic mass is 10.1. The van der Waals surface area contributed by atoms with Gasteiger partial charge in [0.25, 0.3) is 0 Å². The Bertz CT molecular complexity index is 347. The van der Waals surface area contributed by atoms with Gasteiger partial charge in [-0.2, -0.15) is 0 Å². The van der Waals surface area contributed by atoms with Gasteiger partial charge < -0.3 is 19.3 Å². The van der Waals surface area contributed by atoms with E-state index in [2.05, 4.69) is 0 Å². The van der Waals surface area contributed by atoms with Crippen molar-refractivity contribution in [2.45, 2.75) is 25.2 Å². The van der Waals surface area contributed by atoms with Gasteiger partial charge in [0.15, 0.2) is 6.29 Å². The molecule has 0 radical (unpaired) electrons. The minimum atomic E-state index is -0.936. The van der Waals surface area contributed by atoms with Crippen LogP contribution in [0.3, 0.4) is 0 Å². The van der Waals surface area contributed by atoms with E-state index in [1.807, 2.05) is 24.3 Å². The summed E-state index contributed by atoms with van der Waals surface area (Å²) in [6.45, 7) is 1.40. The molecule has 4 heteroatoms. The van der Waals surface area contributed by atoms with Crippen molar-refractivity contribution < 1.29 is 19.3 Å². The van der Waals surface area contributed by atoms with Crippen LogP contribution in [0.1, 0.15) is 24.7 Å². The first-order valence-electron chi connectivity index (χ1n) is 5.85. The highest BCUT2D eigenvalue weighted by atomic mass is 16.6. The Kier molecular flexibility index (Phi) is 4.36. The van der Waals surface area contributed by atoms with E-state index >= 15 is 0 Å². The van der Waals surface area contributed by atoms with Crippen molar-refractivity contribution in [1.29, 1.82) is 0 Å². The summed E-state index contributed by atoms with van der Waals surface area (Å²) >= 11 is 0. The van der Waals surface area contributed by atoms with Gasteiger partial charge in [-0.3, -0.25) is 0 Å². The van der Waals surface area contributed by atoms with Gasteiger partial charge in [-0.1, -0.05) is 18.2 Å². The summed E-state index contributed by atoms with van der Waals surface area (Å²) in [7, 11) is 1.58. The molecular formula is C13H18O4. The second kappa shape index (κ2) is 6.00. The van der Waals surface area contributed by atoms with Crippen LogP contribution in [0.4, 0.5) is 0 Å². The Morgan fingerprint density at radius 1 is 1.29 bits per heavy atom. The van der Waals surface area contributed by atoms with E-state index in [0.29, 0.717) is 24.5 Å². The van der Waals surface area contributed by atoms with Crippen LogP contribution in [0.15, 0.2) is 24.3 Å². The molecule has 4 nitrogen and oxygen atoms in total. The van der Waals surface area contributed by atoms with Crippen LogP contribution in [0, 0.1) is 0 Å². The van der Waals surface area contributed by atoms with Crippen molar-refractivity contribution in [2.75, 3.05) is 20.3 Å². The van der Waals surface area contributed by atoms with Crippen LogP contribution in [0.2, 0.25) is 0 Å². The molecule has 1 fully saturated rings. The largest absolute Gasteiger partial charge is 0.496 e. The summed E-state index contributed by atoms with van der Waals surface area (Å²) in [5.74, 6) is 0.645. The average molecular weight is 238 g/mol. The molecule has 0 amide bonds. The maximum atomic E-state index is 10.0. The predicted octanol–water partition coefficient (Wildman–Crippen LogP) is 1.88. The zero-order valence-corrected chi connectivity index (χ0v) is 9.96. The van der Waals surface area contributed by atoms with E-state index in [1.54, 1.807) is 7.11 Å². The summed E-state index contributed by atoms with van der Waals surface area (Å²) in [4.78, 5) is 0. The summed E-state index contributed by atoms with van der Waals surface area (Å²) in [5, 5.41) is 10.0. The molecule has 2 rings (SSSR count). The molecule has 1 heterocycles. The molecule has 17 heavy (non-hydrogen) atoms. The van der Waals surface area contributed by atoms with E-state index in [-0.39, 0.29) is 6.10 Å². The fraction of sp³-hybridized carbons (Fsp3) is 0.538. The minimum Gasteiger partial charge on any atom is -0.496 e. The van der Waals surface area contributed by atoms with E-state index in [9.17, 15) is 5.11 Å². The first-order valence-corrected chi connectivity index (χ1v) is 5.85. The maximum absolute atomic E-state index is 10.0. The van der Waals surface area contributed by atoms with Crippen molar-refractivity contribution in [3.8, 4) is 5.75 Å². The summed E-state index contributed by atoms with van der Waals surface area (Å²) in [5.41, 5.74) is 0.668. The maximum Gasteiger partial charge on any atom is 0.185 e. The second-order valence-electron chi connectivity index (χ2n) is 4.04. The summed E-state index contributed by atoms with van der Waals surface area (Å²) in [6, 6.07) is 7.34. The number of hydrogen-bond donors (Lipinski definition) is 1. The average Bonchev–Trinajstić information content (AvgIpc) is 2.40. The number of hydrogen-bond acceptors (Lipinski definition) is 4. The Balaban J connectivity index is 2.00. The van der Waals surface area contributed by atoms with Gasteiger partial charge in [-0.15, -0.1) is 0 Å². The summed E-state index contributed by atoms with van der Waals surface area (Å²) in [6.07, 6.45) is 0.774. The summed E-state index contributed by atoms with van der Waals surface area (Å²) < 4.78 is 16.1. The van der Waals surface area contributed by atoms with E-state index in [4.69, 9.17) is 14.2 Å². The normalized spacial score (nSPS) is 18.9. The molecule has 1 aliphatic heterocycles. The molecule has 1 atom stereocenters. The first-order chi connectivity index (χ1) is 8.31. The van der Waals surface area contributed by atoms with Crippen LogP contribution in [0.25, 0.3) is 0 Å². The van der Waals surface area contributed by atoms with Crippen LogP contribution in [-0.2, 0) is 9.47 Å². The minimum absolute atomic E-state index is 0.0589. The molecule has 1 saturated heterocycles. The Hall–Kier alpha value is -1.10. The van der Waals surface area contributed by atoms with E-state index in [1.165, 1.54) is 0 Å². The molecule has 1 N–H and O–H groups in total. The molecule has 0 spiro atoms. The molecule has 0 saturated carbocycles. The number of benzene rings is 1. The van der Waals surface area contributed by atoms with Gasteiger partial charge in [0.05, 0.1) is 13.2 Å². The van der Waals surface area contributed by atoms with Crippen molar-refractivity contribution >= 4 is 0 Å². The van der Waals surface area contributed by atoms with Crippen molar-refractivity contribution in [3.63, 3.8) is 0 Å². The molecule has 0 aliphatic carbocycles. The second-order valence-corrected chi connectivity index (χ2v) is 4.04. The van der Waals surface area contributed by atoms with Crippen LogP contribution in [0.5, 0.6) is 5.75 Å². The number of rotatable bonds is 4. The number of ether oxygens (including phenoxy) is 3. The van der Waals surface area contributed by atoms with Gasteiger partial charge in [-0.05, 0) is 18.9 Å².